The zero-order chi connectivity index (χ0) is 27.8. The molecule has 0 saturated heterocycles. The summed E-state index contributed by atoms with van der Waals surface area (Å²) in [4.78, 5) is 43.6. The summed E-state index contributed by atoms with van der Waals surface area (Å²) in [5.74, 6) is -1.75. The molecule has 37 heavy (non-hydrogen) atoms. The largest absolute Gasteiger partial charge is 0.506 e. The summed E-state index contributed by atoms with van der Waals surface area (Å²) < 4.78 is 0. The fraction of sp³-hybridized carbons (Fsp3) is 0.485. The van der Waals surface area contributed by atoms with Crippen LogP contribution in [-0.4, -0.2) is 22.5 Å². The zero-order valence-corrected chi connectivity index (χ0v) is 23.7. The number of fused-ring (bicyclic) bond motifs is 2. The highest BCUT2D eigenvalue weighted by Crippen LogP contribution is 2.65. The standard InChI is InChI=1S/C33H42O4/c1-21(2)14-15-25-20-32(18-16-22(3)4)28(35)26(27(34)24-12-10-9-11-13-24)29(36)33(30(32)37,31(25,7)8)19-17-23(5)6/h9-14,16-17,25,34H,15,18-20H2,1-8H3/b27-26-/t25-,32-,33-/m1/s1. The van der Waals surface area contributed by atoms with Crippen LogP contribution in [0.2, 0.25) is 0 Å². The number of aliphatic hydroxyl groups is 1. The van der Waals surface area contributed by atoms with Crippen molar-refractivity contribution in [3.05, 3.63) is 76.4 Å². The first-order valence-electron chi connectivity index (χ1n) is 13.3. The number of rotatable bonds is 7. The summed E-state index contributed by atoms with van der Waals surface area (Å²) in [6.45, 7) is 15.9. The molecule has 3 atom stereocenters. The molecule has 0 spiro atoms. The van der Waals surface area contributed by atoms with Crippen LogP contribution in [0.5, 0.6) is 0 Å². The molecule has 198 valence electrons. The molecule has 1 aromatic rings. The SMILES string of the molecule is CC(C)=CC[C@@H]1C[C@]2(CC=C(C)C)C(=O)/C(=C(/O)c3ccccc3)C(=O)[C@](CC=C(C)C)(C2=O)C1(C)C. The summed E-state index contributed by atoms with van der Waals surface area (Å²) >= 11 is 0. The van der Waals surface area contributed by atoms with E-state index in [0.717, 1.165) is 16.7 Å². The molecule has 0 heterocycles. The predicted octanol–water partition coefficient (Wildman–Crippen LogP) is 7.76. The lowest BCUT2D eigenvalue weighted by Crippen LogP contribution is -2.69. The van der Waals surface area contributed by atoms with Gasteiger partial charge in [0.1, 0.15) is 16.7 Å². The summed E-state index contributed by atoms with van der Waals surface area (Å²) in [5, 5.41) is 11.4. The van der Waals surface area contributed by atoms with Gasteiger partial charge in [0.05, 0.1) is 5.41 Å². The number of hydrogen-bond donors (Lipinski definition) is 1. The summed E-state index contributed by atoms with van der Waals surface area (Å²) in [6, 6.07) is 8.70. The fourth-order valence-corrected chi connectivity index (χ4v) is 6.13. The smallest absolute Gasteiger partial charge is 0.184 e. The minimum atomic E-state index is -1.45. The maximum absolute atomic E-state index is 14.7. The van der Waals surface area contributed by atoms with Crippen LogP contribution in [0.25, 0.3) is 5.76 Å². The molecule has 2 saturated carbocycles. The van der Waals surface area contributed by atoms with Crippen molar-refractivity contribution >= 4 is 23.1 Å². The van der Waals surface area contributed by atoms with Crippen molar-refractivity contribution in [3.8, 4) is 0 Å². The lowest BCUT2D eigenvalue weighted by atomic mass is 9.38. The third kappa shape index (κ3) is 4.71. The van der Waals surface area contributed by atoms with Gasteiger partial charge in [0.25, 0.3) is 0 Å². The van der Waals surface area contributed by atoms with Gasteiger partial charge in [0, 0.05) is 5.56 Å². The molecular weight excluding hydrogens is 460 g/mol. The topological polar surface area (TPSA) is 71.4 Å². The maximum atomic E-state index is 14.7. The third-order valence-electron chi connectivity index (χ3n) is 8.58. The Balaban J connectivity index is 2.43. The van der Waals surface area contributed by atoms with Crippen LogP contribution >= 0.6 is 0 Å². The van der Waals surface area contributed by atoms with Crippen LogP contribution in [0.15, 0.2) is 70.9 Å². The first-order valence-corrected chi connectivity index (χ1v) is 13.3. The molecule has 1 aromatic carbocycles. The van der Waals surface area contributed by atoms with E-state index >= 15 is 0 Å². The van der Waals surface area contributed by atoms with E-state index in [1.54, 1.807) is 24.3 Å². The van der Waals surface area contributed by atoms with Crippen molar-refractivity contribution in [2.45, 2.75) is 81.1 Å². The van der Waals surface area contributed by atoms with Crippen molar-refractivity contribution in [2.75, 3.05) is 0 Å². The number of hydrogen-bond acceptors (Lipinski definition) is 4. The van der Waals surface area contributed by atoms with Gasteiger partial charge < -0.3 is 5.11 Å². The van der Waals surface area contributed by atoms with E-state index in [-0.39, 0.29) is 35.9 Å². The second-order valence-corrected chi connectivity index (χ2v) is 12.2. The molecule has 0 radical (unpaired) electrons. The minimum absolute atomic E-state index is 0.0652. The lowest BCUT2D eigenvalue weighted by molar-refractivity contribution is -0.176. The Morgan fingerprint density at radius 2 is 1.38 bits per heavy atom. The van der Waals surface area contributed by atoms with Gasteiger partial charge in [0.2, 0.25) is 0 Å². The van der Waals surface area contributed by atoms with Crippen LogP contribution in [0.1, 0.15) is 86.6 Å². The fourth-order valence-electron chi connectivity index (χ4n) is 6.13. The van der Waals surface area contributed by atoms with Crippen LogP contribution in [0, 0.1) is 22.2 Å². The minimum Gasteiger partial charge on any atom is -0.506 e. The number of Topliss-reactive ketones (excluding diaryl/α,β-unsaturated/α-hetero) is 3. The third-order valence-corrected chi connectivity index (χ3v) is 8.58. The molecule has 2 bridgehead atoms. The van der Waals surface area contributed by atoms with E-state index in [4.69, 9.17) is 0 Å². The van der Waals surface area contributed by atoms with Crippen LogP contribution < -0.4 is 0 Å². The number of allylic oxidation sites excluding steroid dienone is 7. The van der Waals surface area contributed by atoms with Gasteiger partial charge in [0.15, 0.2) is 17.3 Å². The van der Waals surface area contributed by atoms with Gasteiger partial charge in [-0.1, -0.05) is 79.1 Å². The second kappa shape index (κ2) is 10.4. The normalized spacial score (nSPS) is 27.9. The molecular formula is C33H42O4. The first-order chi connectivity index (χ1) is 17.2. The Morgan fingerprint density at radius 3 is 1.92 bits per heavy atom. The molecule has 0 aromatic heterocycles. The molecule has 1 N–H and O–H groups in total. The quantitative estimate of drug-likeness (QED) is 0.136. The van der Waals surface area contributed by atoms with Crippen molar-refractivity contribution in [1.82, 2.24) is 0 Å². The van der Waals surface area contributed by atoms with E-state index in [1.807, 2.05) is 73.6 Å². The van der Waals surface area contributed by atoms with Crippen molar-refractivity contribution in [3.63, 3.8) is 0 Å². The molecule has 2 fully saturated rings. The lowest BCUT2D eigenvalue weighted by Gasteiger charge is -2.60. The van der Waals surface area contributed by atoms with Crippen molar-refractivity contribution in [2.24, 2.45) is 22.2 Å². The second-order valence-electron chi connectivity index (χ2n) is 12.2. The van der Waals surface area contributed by atoms with Crippen molar-refractivity contribution in [1.29, 1.82) is 0 Å². The van der Waals surface area contributed by atoms with Gasteiger partial charge in [-0.25, -0.2) is 0 Å². The number of carbonyl (C=O) groups excluding carboxylic acids is 3. The molecule has 2 aliphatic carbocycles. The van der Waals surface area contributed by atoms with E-state index < -0.39 is 27.8 Å². The Bertz CT molecular complexity index is 1210. The van der Waals surface area contributed by atoms with E-state index in [1.165, 1.54) is 0 Å². The Hall–Kier alpha value is -3.01. The van der Waals surface area contributed by atoms with Gasteiger partial charge in [-0.15, -0.1) is 0 Å². The van der Waals surface area contributed by atoms with Gasteiger partial charge >= 0.3 is 0 Å². The highest BCUT2D eigenvalue weighted by atomic mass is 16.3. The Morgan fingerprint density at radius 1 is 0.838 bits per heavy atom. The van der Waals surface area contributed by atoms with Crippen LogP contribution in [0.3, 0.4) is 0 Å². The average Bonchev–Trinajstić information content (AvgIpc) is 2.82. The van der Waals surface area contributed by atoms with Crippen molar-refractivity contribution < 1.29 is 19.5 Å². The van der Waals surface area contributed by atoms with E-state index in [0.29, 0.717) is 18.4 Å². The monoisotopic (exact) mass is 502 g/mol. The Labute approximate surface area is 222 Å². The molecule has 4 nitrogen and oxygen atoms in total. The van der Waals surface area contributed by atoms with Crippen LogP contribution in [-0.2, 0) is 14.4 Å². The predicted molar refractivity (Wildman–Crippen MR) is 150 cm³/mol. The number of carbonyl (C=O) groups is 3. The molecule has 0 aliphatic heterocycles. The Kier molecular flexibility index (Phi) is 8.02. The molecule has 2 aliphatic rings. The highest BCUT2D eigenvalue weighted by Gasteiger charge is 2.73. The maximum Gasteiger partial charge on any atom is 0.184 e. The zero-order valence-electron chi connectivity index (χ0n) is 23.7. The molecule has 0 amide bonds. The van der Waals surface area contributed by atoms with Gasteiger partial charge in [-0.2, -0.15) is 0 Å². The van der Waals surface area contributed by atoms with E-state index in [2.05, 4.69) is 6.08 Å². The van der Waals surface area contributed by atoms with Crippen LogP contribution in [0.4, 0.5) is 0 Å². The van der Waals surface area contributed by atoms with Gasteiger partial charge in [-0.05, 0) is 78.6 Å². The summed E-state index contributed by atoms with van der Waals surface area (Å²) in [6.07, 6.45) is 7.49. The molecule has 0 unspecified atom stereocenters. The number of benzene rings is 1. The molecule has 4 heteroatoms. The van der Waals surface area contributed by atoms with E-state index in [9.17, 15) is 19.5 Å². The highest BCUT2D eigenvalue weighted by molar-refractivity contribution is 6.41. The molecule has 3 rings (SSSR count). The number of ketones is 3. The summed E-state index contributed by atoms with van der Waals surface area (Å²) in [5.41, 5.74) is -0.236. The first kappa shape index (κ1) is 28.6. The van der Waals surface area contributed by atoms with Gasteiger partial charge in [-0.3, -0.25) is 14.4 Å². The summed E-state index contributed by atoms with van der Waals surface area (Å²) in [7, 11) is 0. The average molecular weight is 503 g/mol. The number of aliphatic hydroxyl groups excluding tert-OH is 1.